The van der Waals surface area contributed by atoms with Gasteiger partial charge in [-0.2, -0.15) is 0 Å². The summed E-state index contributed by atoms with van der Waals surface area (Å²) in [5, 5.41) is 12.3. The van der Waals surface area contributed by atoms with Crippen LogP contribution in [0.2, 0.25) is 0 Å². The topological polar surface area (TPSA) is 49.3 Å². The zero-order valence-corrected chi connectivity index (χ0v) is 10.4. The summed E-state index contributed by atoms with van der Waals surface area (Å²) in [6, 6.07) is 6.66. The molecule has 1 aliphatic heterocycles. The molecular weight excluding hydrogens is 214 g/mol. The maximum Gasteiger partial charge on any atom is 0.303 e. The number of carbonyl (C=O) groups is 1. The molecule has 0 spiro atoms. The van der Waals surface area contributed by atoms with E-state index in [1.54, 1.807) is 0 Å². The van der Waals surface area contributed by atoms with Gasteiger partial charge in [0.05, 0.1) is 6.42 Å². The lowest BCUT2D eigenvalue weighted by atomic mass is 9.90. The van der Waals surface area contributed by atoms with Gasteiger partial charge in [0.25, 0.3) is 0 Å². The van der Waals surface area contributed by atoms with Crippen molar-refractivity contribution in [2.24, 2.45) is 5.92 Å². The quantitative estimate of drug-likeness (QED) is 0.843. The van der Waals surface area contributed by atoms with Crippen molar-refractivity contribution in [3.63, 3.8) is 0 Å². The molecule has 0 radical (unpaired) electrons. The maximum absolute atomic E-state index is 10.8. The number of carboxylic acids is 1. The highest BCUT2D eigenvalue weighted by Crippen LogP contribution is 2.32. The van der Waals surface area contributed by atoms with E-state index in [0.29, 0.717) is 0 Å². The first-order valence-corrected chi connectivity index (χ1v) is 6.09. The summed E-state index contributed by atoms with van der Waals surface area (Å²) in [5.74, 6) is -0.484. The molecule has 92 valence electrons. The van der Waals surface area contributed by atoms with E-state index in [0.717, 1.165) is 13.0 Å². The Morgan fingerprint density at radius 3 is 2.59 bits per heavy atom. The van der Waals surface area contributed by atoms with Crippen LogP contribution in [0, 0.1) is 19.8 Å². The van der Waals surface area contributed by atoms with Gasteiger partial charge in [0.2, 0.25) is 0 Å². The molecule has 2 unspecified atom stereocenters. The van der Waals surface area contributed by atoms with E-state index >= 15 is 0 Å². The van der Waals surface area contributed by atoms with Crippen LogP contribution in [0.4, 0.5) is 0 Å². The molecule has 1 saturated heterocycles. The highest BCUT2D eigenvalue weighted by molar-refractivity contribution is 5.67. The van der Waals surface area contributed by atoms with E-state index in [-0.39, 0.29) is 18.4 Å². The molecule has 1 aromatic carbocycles. The predicted molar refractivity (Wildman–Crippen MR) is 67.0 cm³/mol. The lowest BCUT2D eigenvalue weighted by molar-refractivity contribution is -0.138. The summed E-state index contributed by atoms with van der Waals surface area (Å²) in [5.41, 5.74) is 3.71. The molecule has 0 aliphatic carbocycles. The third kappa shape index (κ3) is 2.86. The fourth-order valence-electron chi connectivity index (χ4n) is 2.78. The Hall–Kier alpha value is -1.35. The van der Waals surface area contributed by atoms with E-state index in [1.165, 1.54) is 16.7 Å². The monoisotopic (exact) mass is 233 g/mol. The van der Waals surface area contributed by atoms with Gasteiger partial charge in [-0.05, 0) is 38.3 Å². The van der Waals surface area contributed by atoms with Crippen LogP contribution in [0.3, 0.4) is 0 Å². The molecule has 0 bridgehead atoms. The molecule has 2 N–H and O–H groups in total. The number of aryl methyl sites for hydroxylation is 2. The van der Waals surface area contributed by atoms with Gasteiger partial charge in [-0.15, -0.1) is 0 Å². The first-order chi connectivity index (χ1) is 8.06. The largest absolute Gasteiger partial charge is 0.481 e. The second-order valence-electron chi connectivity index (χ2n) is 5.00. The minimum atomic E-state index is -0.701. The summed E-state index contributed by atoms with van der Waals surface area (Å²) in [6.45, 7) is 5.07. The van der Waals surface area contributed by atoms with E-state index in [1.807, 2.05) is 0 Å². The van der Waals surface area contributed by atoms with Crippen molar-refractivity contribution in [3.8, 4) is 0 Å². The highest BCUT2D eigenvalue weighted by Gasteiger charge is 2.29. The first-order valence-electron chi connectivity index (χ1n) is 6.09. The van der Waals surface area contributed by atoms with Gasteiger partial charge in [0, 0.05) is 6.04 Å². The highest BCUT2D eigenvalue weighted by atomic mass is 16.4. The molecule has 2 atom stereocenters. The maximum atomic E-state index is 10.8. The van der Waals surface area contributed by atoms with Crippen molar-refractivity contribution in [1.29, 1.82) is 0 Å². The Morgan fingerprint density at radius 2 is 2.00 bits per heavy atom. The molecule has 1 aromatic rings. The average molecular weight is 233 g/mol. The second kappa shape index (κ2) is 4.88. The molecule has 1 heterocycles. The SMILES string of the molecule is Cc1cc(C)cc(C2NCCC2CC(=O)O)c1. The fourth-order valence-corrected chi connectivity index (χ4v) is 2.78. The molecule has 0 saturated carbocycles. The Balaban J connectivity index is 2.22. The van der Waals surface area contributed by atoms with E-state index in [2.05, 4.69) is 37.4 Å². The standard InChI is InChI=1S/C14H19NO2/c1-9-5-10(2)7-12(6-9)14-11(3-4-15-14)8-13(16)17/h5-7,11,14-15H,3-4,8H2,1-2H3,(H,16,17). The molecule has 3 nitrogen and oxygen atoms in total. The molecular formula is C14H19NO2. The lowest BCUT2D eigenvalue weighted by Crippen LogP contribution is -2.20. The average Bonchev–Trinajstić information content (AvgIpc) is 2.63. The van der Waals surface area contributed by atoms with Crippen molar-refractivity contribution in [2.45, 2.75) is 32.7 Å². The van der Waals surface area contributed by atoms with Crippen molar-refractivity contribution in [3.05, 3.63) is 34.9 Å². The number of hydrogen-bond donors (Lipinski definition) is 2. The van der Waals surface area contributed by atoms with Crippen LogP contribution >= 0.6 is 0 Å². The number of aliphatic carboxylic acids is 1. The zero-order valence-electron chi connectivity index (χ0n) is 10.4. The van der Waals surface area contributed by atoms with E-state index in [4.69, 9.17) is 5.11 Å². The summed E-state index contributed by atoms with van der Waals surface area (Å²) in [4.78, 5) is 10.8. The van der Waals surface area contributed by atoms with Gasteiger partial charge >= 0.3 is 5.97 Å². The number of benzene rings is 1. The van der Waals surface area contributed by atoms with Crippen LogP contribution < -0.4 is 5.32 Å². The predicted octanol–water partition coefficient (Wildman–Crippen LogP) is 2.43. The summed E-state index contributed by atoms with van der Waals surface area (Å²) >= 11 is 0. The molecule has 1 fully saturated rings. The normalized spacial score (nSPS) is 23.9. The zero-order chi connectivity index (χ0) is 12.4. The first kappa shape index (κ1) is 12.1. The van der Waals surface area contributed by atoms with Gasteiger partial charge in [0.15, 0.2) is 0 Å². The molecule has 0 amide bonds. The second-order valence-corrected chi connectivity index (χ2v) is 5.00. The van der Waals surface area contributed by atoms with Crippen molar-refractivity contribution >= 4 is 5.97 Å². The summed E-state index contributed by atoms with van der Waals surface area (Å²) < 4.78 is 0. The number of hydrogen-bond acceptors (Lipinski definition) is 2. The van der Waals surface area contributed by atoms with Crippen LogP contribution in [-0.4, -0.2) is 17.6 Å². The molecule has 2 rings (SSSR count). The van der Waals surface area contributed by atoms with Crippen LogP contribution in [0.25, 0.3) is 0 Å². The molecule has 3 heteroatoms. The van der Waals surface area contributed by atoms with Gasteiger partial charge in [-0.25, -0.2) is 0 Å². The van der Waals surface area contributed by atoms with Gasteiger partial charge in [-0.1, -0.05) is 29.3 Å². The fraction of sp³-hybridized carbons (Fsp3) is 0.500. The molecule has 0 aromatic heterocycles. The molecule has 17 heavy (non-hydrogen) atoms. The van der Waals surface area contributed by atoms with Crippen molar-refractivity contribution < 1.29 is 9.90 Å². The number of rotatable bonds is 3. The third-order valence-corrected chi connectivity index (χ3v) is 3.39. The van der Waals surface area contributed by atoms with Gasteiger partial charge in [0.1, 0.15) is 0 Å². The van der Waals surface area contributed by atoms with Crippen LogP contribution in [0.15, 0.2) is 18.2 Å². The van der Waals surface area contributed by atoms with Crippen LogP contribution in [0.1, 0.15) is 35.6 Å². The third-order valence-electron chi connectivity index (χ3n) is 3.39. The van der Waals surface area contributed by atoms with E-state index in [9.17, 15) is 4.79 Å². The van der Waals surface area contributed by atoms with Crippen molar-refractivity contribution in [1.82, 2.24) is 5.32 Å². The Bertz CT molecular complexity index is 408. The Labute approximate surface area is 102 Å². The summed E-state index contributed by atoms with van der Waals surface area (Å²) in [7, 11) is 0. The van der Waals surface area contributed by atoms with Gasteiger partial charge in [-0.3, -0.25) is 4.79 Å². The van der Waals surface area contributed by atoms with E-state index < -0.39 is 5.97 Å². The minimum Gasteiger partial charge on any atom is -0.481 e. The molecule has 1 aliphatic rings. The minimum absolute atomic E-state index is 0.199. The van der Waals surface area contributed by atoms with Crippen LogP contribution in [-0.2, 0) is 4.79 Å². The number of nitrogens with one attached hydrogen (secondary N) is 1. The number of carboxylic acid groups (broad SMARTS) is 1. The van der Waals surface area contributed by atoms with Crippen molar-refractivity contribution in [2.75, 3.05) is 6.54 Å². The van der Waals surface area contributed by atoms with Crippen LogP contribution in [0.5, 0.6) is 0 Å². The lowest BCUT2D eigenvalue weighted by Gasteiger charge is -2.19. The van der Waals surface area contributed by atoms with Gasteiger partial charge < -0.3 is 10.4 Å². The Morgan fingerprint density at radius 1 is 1.35 bits per heavy atom. The Kier molecular flexibility index (Phi) is 3.48. The smallest absolute Gasteiger partial charge is 0.303 e. The summed E-state index contributed by atoms with van der Waals surface area (Å²) in [6.07, 6.45) is 1.20.